The zero-order valence-electron chi connectivity index (χ0n) is 35.3. The average molecular weight is 741 g/mol. The Morgan fingerprint density at radius 1 is 0.268 bits per heavy atom. The third-order valence-corrected chi connectivity index (χ3v) is 9.15. The molecule has 0 nitrogen and oxygen atoms in total. The maximum absolute atomic E-state index is 2.26. The number of benzene rings is 7. The van der Waals surface area contributed by atoms with Crippen LogP contribution in [0.2, 0.25) is 0 Å². The summed E-state index contributed by atoms with van der Waals surface area (Å²) >= 11 is 0. The van der Waals surface area contributed by atoms with Crippen LogP contribution in [0.15, 0.2) is 206 Å². The third kappa shape index (κ3) is 23.4. The number of aryl methyl sites for hydroxylation is 8. The molecular formula is C56H68. The van der Waals surface area contributed by atoms with Crippen molar-refractivity contribution in [2.75, 3.05) is 0 Å². The number of fused-ring (bicyclic) bond motifs is 1. The highest BCUT2D eigenvalue weighted by molar-refractivity contribution is 5.29. The molecule has 0 heteroatoms. The molecule has 0 atom stereocenters. The lowest BCUT2D eigenvalue weighted by atomic mass is 9.92. The zero-order chi connectivity index (χ0) is 40.3. The highest BCUT2D eigenvalue weighted by atomic mass is 14.1. The lowest BCUT2D eigenvalue weighted by molar-refractivity contribution is 0.685. The van der Waals surface area contributed by atoms with Crippen molar-refractivity contribution in [3.8, 4) is 0 Å². The SMILES string of the molecule is CCc1ccccc1.CCc1ccccc1.CCc1ccccc1.CCc1ccccc1.Cc1ccccc1.Cc1ccccc1.c1ccc2c(c1)CCCC2. The van der Waals surface area contributed by atoms with Crippen LogP contribution in [0.3, 0.4) is 0 Å². The second kappa shape index (κ2) is 31.8. The first-order chi connectivity index (χ1) is 27.5. The van der Waals surface area contributed by atoms with Gasteiger partial charge in [0, 0.05) is 0 Å². The lowest BCUT2D eigenvalue weighted by Crippen LogP contribution is -2.00. The predicted molar refractivity (Wildman–Crippen MR) is 249 cm³/mol. The van der Waals surface area contributed by atoms with E-state index in [0.29, 0.717) is 0 Å². The highest BCUT2D eigenvalue weighted by Crippen LogP contribution is 2.19. The Hall–Kier alpha value is -5.46. The van der Waals surface area contributed by atoms with Crippen molar-refractivity contribution >= 4 is 0 Å². The van der Waals surface area contributed by atoms with Gasteiger partial charge < -0.3 is 0 Å². The molecule has 0 amide bonds. The Labute approximate surface area is 342 Å². The van der Waals surface area contributed by atoms with E-state index in [1.54, 1.807) is 11.1 Å². The van der Waals surface area contributed by atoms with Gasteiger partial charge in [-0.2, -0.15) is 0 Å². The summed E-state index contributed by atoms with van der Waals surface area (Å²) < 4.78 is 0. The summed E-state index contributed by atoms with van der Waals surface area (Å²) in [6.07, 6.45) is 9.93. The van der Waals surface area contributed by atoms with Crippen LogP contribution in [-0.2, 0) is 38.5 Å². The normalized spacial score (nSPS) is 10.3. The molecular weight excluding hydrogens is 673 g/mol. The van der Waals surface area contributed by atoms with Crippen molar-refractivity contribution in [3.63, 3.8) is 0 Å². The maximum Gasteiger partial charge on any atom is -0.0276 e. The Kier molecular flexibility index (Phi) is 26.6. The van der Waals surface area contributed by atoms with Gasteiger partial charge in [0.2, 0.25) is 0 Å². The van der Waals surface area contributed by atoms with Crippen LogP contribution in [0.4, 0.5) is 0 Å². The average Bonchev–Trinajstić information content (AvgIpc) is 3.29. The molecule has 0 unspecified atom stereocenters. The molecule has 56 heavy (non-hydrogen) atoms. The van der Waals surface area contributed by atoms with E-state index in [0.717, 1.165) is 25.7 Å². The quantitative estimate of drug-likeness (QED) is 0.169. The Balaban J connectivity index is 0.000000226. The van der Waals surface area contributed by atoms with Gasteiger partial charge in [0.25, 0.3) is 0 Å². The summed E-state index contributed by atoms with van der Waals surface area (Å²) in [5, 5.41) is 0. The fourth-order valence-corrected chi connectivity index (χ4v) is 5.60. The van der Waals surface area contributed by atoms with Crippen molar-refractivity contribution in [2.45, 2.75) is 92.9 Å². The standard InChI is InChI=1S/C10H12.4C8H10.2C7H8/c1-2-6-10-8-4-3-7-9(10)5-1;4*1-2-8-6-4-3-5-7-8;2*1-7-5-3-2-4-6-7/h1-2,5-6H,3-4,7-8H2;4*3-7H,2H2,1H3;2*2-6H,1H3. The first-order valence-electron chi connectivity index (χ1n) is 20.7. The largest absolute Gasteiger partial charge is 0.0622 e. The number of rotatable bonds is 4. The number of hydrogen-bond acceptors (Lipinski definition) is 0. The van der Waals surface area contributed by atoms with Gasteiger partial charge in [-0.05, 0) is 98.6 Å². The monoisotopic (exact) mass is 741 g/mol. The summed E-state index contributed by atoms with van der Waals surface area (Å²) in [5.41, 5.74) is 11.4. The highest BCUT2D eigenvalue weighted by Gasteiger charge is 2.06. The summed E-state index contributed by atoms with van der Waals surface area (Å²) in [4.78, 5) is 0. The van der Waals surface area contributed by atoms with Gasteiger partial charge in [0.15, 0.2) is 0 Å². The molecule has 1 aliphatic rings. The van der Waals surface area contributed by atoms with Crippen LogP contribution in [0.25, 0.3) is 0 Å². The van der Waals surface area contributed by atoms with E-state index in [1.165, 1.54) is 59.1 Å². The van der Waals surface area contributed by atoms with Crippen molar-refractivity contribution in [2.24, 2.45) is 0 Å². The van der Waals surface area contributed by atoms with Gasteiger partial charge in [-0.3, -0.25) is 0 Å². The molecule has 8 rings (SSSR count). The van der Waals surface area contributed by atoms with Crippen molar-refractivity contribution in [3.05, 3.63) is 251 Å². The van der Waals surface area contributed by atoms with Gasteiger partial charge in [0.05, 0.1) is 0 Å². The zero-order valence-corrected chi connectivity index (χ0v) is 35.3. The van der Waals surface area contributed by atoms with E-state index >= 15 is 0 Å². The van der Waals surface area contributed by atoms with Crippen molar-refractivity contribution in [1.82, 2.24) is 0 Å². The van der Waals surface area contributed by atoms with E-state index in [2.05, 4.69) is 187 Å². The summed E-state index contributed by atoms with van der Waals surface area (Å²) in [6, 6.07) is 71.1. The van der Waals surface area contributed by atoms with Gasteiger partial charge in [0.1, 0.15) is 0 Å². The van der Waals surface area contributed by atoms with Crippen LogP contribution in [-0.4, -0.2) is 0 Å². The molecule has 0 radical (unpaired) electrons. The van der Waals surface area contributed by atoms with Crippen molar-refractivity contribution < 1.29 is 0 Å². The maximum atomic E-state index is 2.26. The summed E-state index contributed by atoms with van der Waals surface area (Å²) in [6.45, 7) is 12.8. The van der Waals surface area contributed by atoms with E-state index in [4.69, 9.17) is 0 Å². The minimum Gasteiger partial charge on any atom is -0.0622 e. The van der Waals surface area contributed by atoms with Gasteiger partial charge in [-0.25, -0.2) is 0 Å². The second-order valence-corrected chi connectivity index (χ2v) is 13.6. The van der Waals surface area contributed by atoms with E-state index in [1.807, 2.05) is 60.7 Å². The molecule has 0 aromatic heterocycles. The molecule has 1 aliphatic carbocycles. The van der Waals surface area contributed by atoms with Gasteiger partial charge in [-0.1, -0.05) is 245 Å². The first kappa shape index (κ1) is 46.7. The Bertz CT molecular complexity index is 1630. The molecule has 0 bridgehead atoms. The fourth-order valence-electron chi connectivity index (χ4n) is 5.60. The molecule has 0 saturated carbocycles. The number of hydrogen-bond donors (Lipinski definition) is 0. The second-order valence-electron chi connectivity index (χ2n) is 13.6. The first-order valence-corrected chi connectivity index (χ1v) is 20.7. The summed E-state index contributed by atoms with van der Waals surface area (Å²) in [5.74, 6) is 0. The molecule has 0 N–H and O–H groups in total. The van der Waals surface area contributed by atoms with Crippen LogP contribution >= 0.6 is 0 Å². The minimum atomic E-state index is 1.14. The molecule has 0 fully saturated rings. The van der Waals surface area contributed by atoms with Crippen LogP contribution in [0.1, 0.15) is 85.0 Å². The Morgan fingerprint density at radius 2 is 0.464 bits per heavy atom. The van der Waals surface area contributed by atoms with E-state index in [9.17, 15) is 0 Å². The molecule has 0 heterocycles. The van der Waals surface area contributed by atoms with Gasteiger partial charge >= 0.3 is 0 Å². The molecule has 0 spiro atoms. The van der Waals surface area contributed by atoms with Crippen LogP contribution in [0.5, 0.6) is 0 Å². The molecule has 0 saturated heterocycles. The molecule has 7 aromatic rings. The Morgan fingerprint density at radius 3 is 0.625 bits per heavy atom. The smallest absolute Gasteiger partial charge is 0.0276 e. The lowest BCUT2D eigenvalue weighted by Gasteiger charge is -2.13. The third-order valence-electron chi connectivity index (χ3n) is 9.15. The van der Waals surface area contributed by atoms with E-state index < -0.39 is 0 Å². The fraction of sp³-hybridized carbons (Fsp3) is 0.250. The van der Waals surface area contributed by atoms with Gasteiger partial charge in [-0.15, -0.1) is 0 Å². The van der Waals surface area contributed by atoms with Crippen molar-refractivity contribution in [1.29, 1.82) is 0 Å². The van der Waals surface area contributed by atoms with Crippen LogP contribution in [0, 0.1) is 13.8 Å². The molecule has 292 valence electrons. The van der Waals surface area contributed by atoms with E-state index in [-0.39, 0.29) is 0 Å². The predicted octanol–water partition coefficient (Wildman–Crippen LogP) is 15.6. The van der Waals surface area contributed by atoms with Crippen LogP contribution < -0.4 is 0 Å². The minimum absolute atomic E-state index is 1.14. The molecule has 0 aliphatic heterocycles. The molecule has 7 aromatic carbocycles. The topological polar surface area (TPSA) is 0 Å². The summed E-state index contributed by atoms with van der Waals surface area (Å²) in [7, 11) is 0.